The second-order valence-electron chi connectivity index (χ2n) is 2.75. The second-order valence-corrected chi connectivity index (χ2v) is 2.75. The van der Waals surface area contributed by atoms with Crippen molar-refractivity contribution >= 4 is 12.4 Å². The van der Waals surface area contributed by atoms with Gasteiger partial charge in [0.15, 0.2) is 0 Å². The first-order chi connectivity index (χ1) is 6.33. The summed E-state index contributed by atoms with van der Waals surface area (Å²) in [5.74, 6) is 0. The summed E-state index contributed by atoms with van der Waals surface area (Å²) in [5.41, 5.74) is 1.10. The first kappa shape index (κ1) is 9.52. The van der Waals surface area contributed by atoms with Crippen LogP contribution in [0.15, 0.2) is 36.5 Å². The Hall–Kier alpha value is -1.57. The van der Waals surface area contributed by atoms with E-state index in [1.165, 1.54) is 0 Å². The zero-order valence-corrected chi connectivity index (χ0v) is 7.53. The summed E-state index contributed by atoms with van der Waals surface area (Å²) < 4.78 is 0. The molecular formula is C11H12NO. The van der Waals surface area contributed by atoms with Crippen LogP contribution in [0.3, 0.4) is 0 Å². The summed E-state index contributed by atoms with van der Waals surface area (Å²) in [4.78, 5) is 10.1. The van der Waals surface area contributed by atoms with Crippen molar-refractivity contribution in [1.82, 2.24) is 5.32 Å². The van der Waals surface area contributed by atoms with E-state index in [4.69, 9.17) is 0 Å². The highest BCUT2D eigenvalue weighted by atomic mass is 16.1. The standard InChI is InChI=1S/C11H12NO/c1-10(9-13)12-8-7-11-5-3-2-4-6-11/h2-8,10,12H,1H3/t10-/m0/s1. The number of nitrogens with one attached hydrogen (secondary N) is 1. The zero-order chi connectivity index (χ0) is 9.52. The van der Waals surface area contributed by atoms with Crippen LogP contribution in [0, 0.1) is 0 Å². The molecule has 0 bridgehead atoms. The normalized spacial score (nSPS) is 12.7. The minimum Gasteiger partial charge on any atom is -0.381 e. The summed E-state index contributed by atoms with van der Waals surface area (Å²) in [6.07, 6.45) is 5.50. The van der Waals surface area contributed by atoms with Gasteiger partial charge in [0, 0.05) is 0 Å². The molecule has 67 valence electrons. The van der Waals surface area contributed by atoms with E-state index in [-0.39, 0.29) is 6.04 Å². The van der Waals surface area contributed by atoms with Crippen LogP contribution in [0.4, 0.5) is 0 Å². The van der Waals surface area contributed by atoms with Crippen molar-refractivity contribution in [2.24, 2.45) is 0 Å². The molecule has 0 fully saturated rings. The Labute approximate surface area is 78.3 Å². The molecular weight excluding hydrogens is 162 g/mol. The number of hydrogen-bond acceptors (Lipinski definition) is 2. The van der Waals surface area contributed by atoms with Gasteiger partial charge in [-0.15, -0.1) is 0 Å². The third-order valence-corrected chi connectivity index (χ3v) is 1.60. The summed E-state index contributed by atoms with van der Waals surface area (Å²) in [7, 11) is 0. The van der Waals surface area contributed by atoms with Crippen LogP contribution in [-0.2, 0) is 4.79 Å². The van der Waals surface area contributed by atoms with Crippen LogP contribution in [0.5, 0.6) is 0 Å². The van der Waals surface area contributed by atoms with Crippen molar-refractivity contribution in [3.63, 3.8) is 0 Å². The predicted octanol–water partition coefficient (Wildman–Crippen LogP) is 1.75. The molecule has 0 saturated carbocycles. The van der Waals surface area contributed by atoms with Crippen molar-refractivity contribution in [3.05, 3.63) is 42.1 Å². The Kier molecular flexibility index (Phi) is 3.76. The lowest BCUT2D eigenvalue weighted by Crippen LogP contribution is -2.20. The Morgan fingerprint density at radius 1 is 1.38 bits per heavy atom. The van der Waals surface area contributed by atoms with Crippen molar-refractivity contribution in [2.45, 2.75) is 13.0 Å². The Bertz CT molecular complexity index is 279. The largest absolute Gasteiger partial charge is 0.381 e. The lowest BCUT2D eigenvalue weighted by Gasteiger charge is -2.00. The van der Waals surface area contributed by atoms with Crippen molar-refractivity contribution < 1.29 is 4.79 Å². The van der Waals surface area contributed by atoms with E-state index in [9.17, 15) is 4.79 Å². The lowest BCUT2D eigenvalue weighted by atomic mass is 10.2. The van der Waals surface area contributed by atoms with Gasteiger partial charge in [0.1, 0.15) is 0 Å². The van der Waals surface area contributed by atoms with Gasteiger partial charge in [0.05, 0.1) is 6.04 Å². The van der Waals surface area contributed by atoms with Crippen LogP contribution in [0.1, 0.15) is 12.5 Å². The fourth-order valence-electron chi connectivity index (χ4n) is 0.887. The fraction of sp³-hybridized carbons (Fsp3) is 0.182. The van der Waals surface area contributed by atoms with Gasteiger partial charge in [0.25, 0.3) is 0 Å². The average Bonchev–Trinajstić information content (AvgIpc) is 2.19. The van der Waals surface area contributed by atoms with Crippen molar-refractivity contribution in [2.75, 3.05) is 0 Å². The highest BCUT2D eigenvalue weighted by Crippen LogP contribution is 1.99. The van der Waals surface area contributed by atoms with Gasteiger partial charge in [-0.3, -0.25) is 4.79 Å². The molecule has 13 heavy (non-hydrogen) atoms. The molecule has 0 aliphatic heterocycles. The molecule has 0 heterocycles. The topological polar surface area (TPSA) is 29.1 Å². The van der Waals surface area contributed by atoms with Gasteiger partial charge < -0.3 is 5.32 Å². The smallest absolute Gasteiger partial charge is 0.222 e. The molecule has 1 rings (SSSR count). The van der Waals surface area contributed by atoms with E-state index < -0.39 is 0 Å². The van der Waals surface area contributed by atoms with Crippen LogP contribution in [0.25, 0.3) is 6.08 Å². The Morgan fingerprint density at radius 3 is 2.69 bits per heavy atom. The summed E-state index contributed by atoms with van der Waals surface area (Å²) in [6, 6.07) is 9.64. The molecule has 1 N–H and O–H groups in total. The van der Waals surface area contributed by atoms with E-state index >= 15 is 0 Å². The SMILES string of the molecule is C[C@@H]([C]=O)NC=Cc1ccccc1. The van der Waals surface area contributed by atoms with Crippen LogP contribution < -0.4 is 5.32 Å². The van der Waals surface area contributed by atoms with E-state index in [1.54, 1.807) is 13.1 Å². The van der Waals surface area contributed by atoms with E-state index in [0.717, 1.165) is 5.56 Å². The maximum absolute atomic E-state index is 10.1. The molecule has 2 nitrogen and oxygen atoms in total. The van der Waals surface area contributed by atoms with Gasteiger partial charge in [-0.2, -0.15) is 0 Å². The van der Waals surface area contributed by atoms with Crippen molar-refractivity contribution in [3.8, 4) is 0 Å². The molecule has 0 saturated heterocycles. The van der Waals surface area contributed by atoms with Crippen LogP contribution in [0.2, 0.25) is 0 Å². The fourth-order valence-corrected chi connectivity index (χ4v) is 0.887. The summed E-state index contributed by atoms with van der Waals surface area (Å²) in [6.45, 7) is 1.75. The summed E-state index contributed by atoms with van der Waals surface area (Å²) in [5, 5.41) is 2.88. The van der Waals surface area contributed by atoms with Gasteiger partial charge in [-0.1, -0.05) is 30.3 Å². The minimum atomic E-state index is -0.250. The second kappa shape index (κ2) is 5.14. The monoisotopic (exact) mass is 174 g/mol. The van der Waals surface area contributed by atoms with Gasteiger partial charge >= 0.3 is 0 Å². The average molecular weight is 174 g/mol. The molecule has 2 heteroatoms. The first-order valence-electron chi connectivity index (χ1n) is 4.18. The molecule has 1 aromatic rings. The molecule has 0 aromatic heterocycles. The van der Waals surface area contributed by atoms with E-state index in [0.29, 0.717) is 0 Å². The molecule has 1 radical (unpaired) electrons. The van der Waals surface area contributed by atoms with Gasteiger partial charge in [-0.05, 0) is 24.8 Å². The third-order valence-electron chi connectivity index (χ3n) is 1.60. The highest BCUT2D eigenvalue weighted by molar-refractivity contribution is 5.58. The molecule has 0 aliphatic carbocycles. The minimum absolute atomic E-state index is 0.250. The van der Waals surface area contributed by atoms with Gasteiger partial charge in [0.2, 0.25) is 6.29 Å². The number of rotatable bonds is 4. The van der Waals surface area contributed by atoms with Crippen LogP contribution >= 0.6 is 0 Å². The number of hydrogen-bond donors (Lipinski definition) is 1. The molecule has 1 atom stereocenters. The highest BCUT2D eigenvalue weighted by Gasteiger charge is 1.92. The maximum Gasteiger partial charge on any atom is 0.222 e. The van der Waals surface area contributed by atoms with Gasteiger partial charge in [-0.25, -0.2) is 0 Å². The number of benzene rings is 1. The molecule has 0 spiro atoms. The first-order valence-corrected chi connectivity index (χ1v) is 4.18. The Balaban J connectivity index is 2.45. The quantitative estimate of drug-likeness (QED) is 0.753. The molecule has 0 amide bonds. The molecule has 0 unspecified atom stereocenters. The van der Waals surface area contributed by atoms with E-state index in [2.05, 4.69) is 5.32 Å². The lowest BCUT2D eigenvalue weighted by molar-refractivity contribution is 0.538. The van der Waals surface area contributed by atoms with E-state index in [1.807, 2.05) is 42.7 Å². The summed E-state index contributed by atoms with van der Waals surface area (Å²) >= 11 is 0. The molecule has 1 aromatic carbocycles. The predicted molar refractivity (Wildman–Crippen MR) is 53.8 cm³/mol. The third kappa shape index (κ3) is 3.56. The Morgan fingerprint density at radius 2 is 2.08 bits per heavy atom. The maximum atomic E-state index is 10.1. The van der Waals surface area contributed by atoms with Crippen molar-refractivity contribution in [1.29, 1.82) is 0 Å². The molecule has 0 aliphatic rings. The zero-order valence-electron chi connectivity index (χ0n) is 7.53. The number of carbonyl (C=O) groups excluding carboxylic acids is 1. The van der Waals surface area contributed by atoms with Crippen LogP contribution in [-0.4, -0.2) is 12.3 Å².